The second-order valence-electron chi connectivity index (χ2n) is 3.46. The molecule has 0 aliphatic rings. The zero-order valence-electron chi connectivity index (χ0n) is 9.04. The van der Waals surface area contributed by atoms with Crippen molar-refractivity contribution in [2.45, 2.75) is 6.54 Å². The van der Waals surface area contributed by atoms with Crippen LogP contribution in [0, 0.1) is 0 Å². The highest BCUT2D eigenvalue weighted by Gasteiger charge is 2.13. The Morgan fingerprint density at radius 1 is 1.29 bits per heavy atom. The second-order valence-corrected chi connectivity index (χ2v) is 3.46. The molecule has 0 radical (unpaired) electrons. The fourth-order valence-corrected chi connectivity index (χ4v) is 1.57. The molecule has 1 aromatic carbocycles. The molecule has 0 atom stereocenters. The van der Waals surface area contributed by atoms with E-state index in [9.17, 15) is 4.79 Å². The van der Waals surface area contributed by atoms with Crippen LogP contribution < -0.4 is 11.5 Å². The third-order valence-corrected chi connectivity index (χ3v) is 2.30. The van der Waals surface area contributed by atoms with Crippen molar-refractivity contribution < 1.29 is 4.79 Å². The van der Waals surface area contributed by atoms with E-state index in [2.05, 4.69) is 4.98 Å². The first-order valence-corrected chi connectivity index (χ1v) is 4.83. The predicted octanol–water partition coefficient (Wildman–Crippen LogP) is 1.03. The van der Waals surface area contributed by atoms with Crippen LogP contribution in [0.4, 0.5) is 5.82 Å². The zero-order valence-corrected chi connectivity index (χ0v) is 9.85. The fraction of sp³-hybridized carbons (Fsp3) is 0.0909. The van der Waals surface area contributed by atoms with E-state index >= 15 is 0 Å². The van der Waals surface area contributed by atoms with Crippen LogP contribution in [0.5, 0.6) is 0 Å². The van der Waals surface area contributed by atoms with Crippen molar-refractivity contribution in [1.29, 1.82) is 0 Å². The van der Waals surface area contributed by atoms with Gasteiger partial charge >= 0.3 is 0 Å². The molecule has 0 saturated heterocycles. The summed E-state index contributed by atoms with van der Waals surface area (Å²) >= 11 is 0. The molecular formula is C11H13ClN4O. The highest BCUT2D eigenvalue weighted by molar-refractivity contribution is 5.95. The van der Waals surface area contributed by atoms with Gasteiger partial charge in [-0.15, -0.1) is 12.4 Å². The Hall–Kier alpha value is -2.01. The van der Waals surface area contributed by atoms with E-state index in [1.54, 1.807) is 4.57 Å². The number of aromatic nitrogens is 2. The molecule has 2 aromatic rings. The van der Waals surface area contributed by atoms with E-state index in [1.807, 2.05) is 30.3 Å². The lowest BCUT2D eigenvalue weighted by molar-refractivity contribution is 0.0993. The van der Waals surface area contributed by atoms with Crippen molar-refractivity contribution in [3.8, 4) is 0 Å². The number of benzene rings is 1. The van der Waals surface area contributed by atoms with E-state index in [0.29, 0.717) is 6.54 Å². The molecule has 2 rings (SSSR count). The molecule has 90 valence electrons. The molecule has 17 heavy (non-hydrogen) atoms. The van der Waals surface area contributed by atoms with Crippen molar-refractivity contribution >= 4 is 24.1 Å². The third kappa shape index (κ3) is 2.76. The van der Waals surface area contributed by atoms with Gasteiger partial charge in [0.25, 0.3) is 5.91 Å². The van der Waals surface area contributed by atoms with Gasteiger partial charge in [0, 0.05) is 6.54 Å². The Labute approximate surface area is 105 Å². The van der Waals surface area contributed by atoms with Gasteiger partial charge in [0.15, 0.2) is 11.5 Å². The highest BCUT2D eigenvalue weighted by Crippen LogP contribution is 2.11. The minimum absolute atomic E-state index is 0. The summed E-state index contributed by atoms with van der Waals surface area (Å²) in [6.07, 6.45) is 1.52. The Morgan fingerprint density at radius 2 is 1.94 bits per heavy atom. The quantitative estimate of drug-likeness (QED) is 0.856. The number of nitrogens with two attached hydrogens (primary N) is 2. The first-order chi connectivity index (χ1) is 7.68. The van der Waals surface area contributed by atoms with Gasteiger partial charge in [-0.3, -0.25) is 4.79 Å². The molecule has 6 heteroatoms. The number of nitrogens with zero attached hydrogens (tertiary/aromatic N) is 2. The summed E-state index contributed by atoms with van der Waals surface area (Å²) in [6.45, 7) is 0.531. The van der Waals surface area contributed by atoms with Crippen molar-refractivity contribution in [3.63, 3.8) is 0 Å². The number of halogens is 1. The van der Waals surface area contributed by atoms with E-state index in [-0.39, 0.29) is 23.9 Å². The maximum atomic E-state index is 11.2. The van der Waals surface area contributed by atoms with Crippen molar-refractivity contribution in [1.82, 2.24) is 9.55 Å². The Bertz CT molecular complexity index is 509. The zero-order chi connectivity index (χ0) is 11.5. The molecule has 5 nitrogen and oxygen atoms in total. The molecular weight excluding hydrogens is 240 g/mol. The molecule has 1 amide bonds. The minimum atomic E-state index is -0.564. The van der Waals surface area contributed by atoms with E-state index in [1.165, 1.54) is 6.33 Å². The van der Waals surface area contributed by atoms with E-state index < -0.39 is 5.91 Å². The van der Waals surface area contributed by atoms with Gasteiger partial charge in [-0.25, -0.2) is 4.98 Å². The normalized spacial score (nSPS) is 9.65. The van der Waals surface area contributed by atoms with Crippen LogP contribution in [-0.2, 0) is 6.54 Å². The Morgan fingerprint density at radius 3 is 2.53 bits per heavy atom. The van der Waals surface area contributed by atoms with Crippen LogP contribution in [0.25, 0.3) is 0 Å². The highest BCUT2D eigenvalue weighted by atomic mass is 35.5. The summed E-state index contributed by atoms with van der Waals surface area (Å²) in [7, 11) is 0. The lowest BCUT2D eigenvalue weighted by Gasteiger charge is -2.05. The number of rotatable bonds is 3. The number of hydrogen-bond donors (Lipinski definition) is 2. The number of hydrogen-bond acceptors (Lipinski definition) is 3. The second kappa shape index (κ2) is 5.36. The summed E-state index contributed by atoms with van der Waals surface area (Å²) < 4.78 is 1.65. The van der Waals surface area contributed by atoms with Crippen LogP contribution >= 0.6 is 12.4 Å². The standard InChI is InChI=1S/C11H12N4O.ClH/c12-10-9(11(13)16)15(7-14-10)6-8-4-2-1-3-5-8;/h1-5,7H,6,12H2,(H2,13,16);1H. The smallest absolute Gasteiger partial charge is 0.269 e. The molecule has 0 saturated carbocycles. The summed E-state index contributed by atoms with van der Waals surface area (Å²) in [4.78, 5) is 15.0. The molecule has 1 aromatic heterocycles. The molecule has 1 heterocycles. The topological polar surface area (TPSA) is 86.9 Å². The molecule has 0 bridgehead atoms. The van der Waals surface area contributed by atoms with Gasteiger partial charge in [-0.05, 0) is 5.56 Å². The summed E-state index contributed by atoms with van der Waals surface area (Å²) in [6, 6.07) is 9.71. The van der Waals surface area contributed by atoms with Crippen LogP contribution in [-0.4, -0.2) is 15.5 Å². The maximum Gasteiger partial charge on any atom is 0.269 e. The first-order valence-electron chi connectivity index (χ1n) is 4.83. The first kappa shape index (κ1) is 13.1. The average molecular weight is 253 g/mol. The number of anilines is 1. The van der Waals surface area contributed by atoms with Gasteiger partial charge in [0.2, 0.25) is 0 Å². The average Bonchev–Trinajstić information content (AvgIpc) is 2.61. The van der Waals surface area contributed by atoms with Crippen LogP contribution in [0.15, 0.2) is 36.7 Å². The van der Waals surface area contributed by atoms with Gasteiger partial charge in [-0.1, -0.05) is 30.3 Å². The Kier molecular flexibility index (Phi) is 4.12. The lowest BCUT2D eigenvalue weighted by atomic mass is 10.2. The number of nitrogen functional groups attached to an aromatic ring is 1. The van der Waals surface area contributed by atoms with Gasteiger partial charge in [0.05, 0.1) is 6.33 Å². The van der Waals surface area contributed by atoms with Gasteiger partial charge < -0.3 is 16.0 Å². The third-order valence-electron chi connectivity index (χ3n) is 2.30. The maximum absolute atomic E-state index is 11.2. The fourth-order valence-electron chi connectivity index (χ4n) is 1.57. The number of primary amides is 1. The number of carbonyl (C=O) groups excluding carboxylic acids is 1. The van der Waals surface area contributed by atoms with E-state index in [0.717, 1.165) is 5.56 Å². The molecule has 4 N–H and O–H groups in total. The molecule has 0 spiro atoms. The monoisotopic (exact) mass is 252 g/mol. The van der Waals surface area contributed by atoms with Crippen molar-refractivity contribution in [3.05, 3.63) is 47.9 Å². The van der Waals surface area contributed by atoms with Crippen LogP contribution in [0.2, 0.25) is 0 Å². The summed E-state index contributed by atoms with van der Waals surface area (Å²) in [5.41, 5.74) is 12.1. The summed E-state index contributed by atoms with van der Waals surface area (Å²) in [5.74, 6) is -0.394. The Balaban J connectivity index is 0.00000144. The molecule has 0 fully saturated rings. The lowest BCUT2D eigenvalue weighted by Crippen LogP contribution is -2.18. The molecule has 0 unspecified atom stereocenters. The molecule has 0 aliphatic heterocycles. The SMILES string of the molecule is Cl.NC(=O)c1c(N)ncn1Cc1ccccc1. The summed E-state index contributed by atoms with van der Waals surface area (Å²) in [5, 5.41) is 0. The number of carbonyl (C=O) groups is 1. The van der Waals surface area contributed by atoms with Crippen molar-refractivity contribution in [2.24, 2.45) is 5.73 Å². The molecule has 0 aliphatic carbocycles. The van der Waals surface area contributed by atoms with Gasteiger partial charge in [-0.2, -0.15) is 0 Å². The van der Waals surface area contributed by atoms with Crippen LogP contribution in [0.3, 0.4) is 0 Å². The number of amides is 1. The minimum Gasteiger partial charge on any atom is -0.382 e. The largest absolute Gasteiger partial charge is 0.382 e. The number of imidazole rings is 1. The predicted molar refractivity (Wildman–Crippen MR) is 67.9 cm³/mol. The van der Waals surface area contributed by atoms with Crippen LogP contribution in [0.1, 0.15) is 16.1 Å². The van der Waals surface area contributed by atoms with E-state index in [4.69, 9.17) is 11.5 Å². The van der Waals surface area contributed by atoms with Crippen molar-refractivity contribution in [2.75, 3.05) is 5.73 Å². The van der Waals surface area contributed by atoms with Gasteiger partial charge in [0.1, 0.15) is 0 Å².